The van der Waals surface area contributed by atoms with E-state index in [4.69, 9.17) is 15.3 Å². The minimum Gasteiger partial charge on any atom is -0.442 e. The van der Waals surface area contributed by atoms with E-state index in [9.17, 15) is 4.79 Å². The summed E-state index contributed by atoms with van der Waals surface area (Å²) in [5.41, 5.74) is 7.27. The first kappa shape index (κ1) is 12.3. The minimum atomic E-state index is -0.568. The lowest BCUT2D eigenvalue weighted by Crippen LogP contribution is -2.38. The van der Waals surface area contributed by atoms with Crippen LogP contribution in [0.5, 0.6) is 0 Å². The first-order valence-electron chi connectivity index (χ1n) is 5.27. The molecule has 5 nitrogen and oxygen atoms in total. The standard InChI is InChI=1S/C10H20N2O3/c1-10(2,3)14-9(13)12-15-8(6-11)7-4-5-7/h7-8H,4-6,11H2,1-3H3,(H,12,13). The fourth-order valence-electron chi connectivity index (χ4n) is 1.23. The summed E-state index contributed by atoms with van der Waals surface area (Å²) in [6.07, 6.45) is 1.59. The molecule has 0 bridgehead atoms. The van der Waals surface area contributed by atoms with Gasteiger partial charge in [0.1, 0.15) is 11.7 Å². The Balaban J connectivity index is 2.20. The Kier molecular flexibility index (Phi) is 3.93. The lowest BCUT2D eigenvalue weighted by Gasteiger charge is -2.21. The van der Waals surface area contributed by atoms with E-state index in [1.807, 2.05) is 0 Å². The molecule has 88 valence electrons. The van der Waals surface area contributed by atoms with Crippen LogP contribution in [-0.2, 0) is 9.57 Å². The van der Waals surface area contributed by atoms with Gasteiger partial charge in [0.15, 0.2) is 0 Å². The van der Waals surface area contributed by atoms with E-state index in [-0.39, 0.29) is 6.10 Å². The number of amides is 1. The second-order valence-electron chi connectivity index (χ2n) is 4.83. The third kappa shape index (κ3) is 4.99. The molecule has 0 aromatic heterocycles. The van der Waals surface area contributed by atoms with Crippen molar-refractivity contribution in [2.24, 2.45) is 11.7 Å². The van der Waals surface area contributed by atoms with E-state index in [0.717, 1.165) is 12.8 Å². The largest absolute Gasteiger partial charge is 0.442 e. The number of carbonyl (C=O) groups is 1. The van der Waals surface area contributed by atoms with E-state index >= 15 is 0 Å². The number of ether oxygens (including phenoxy) is 1. The summed E-state index contributed by atoms with van der Waals surface area (Å²) >= 11 is 0. The van der Waals surface area contributed by atoms with Crippen molar-refractivity contribution in [3.63, 3.8) is 0 Å². The van der Waals surface area contributed by atoms with Crippen molar-refractivity contribution in [2.45, 2.75) is 45.3 Å². The molecule has 1 aliphatic carbocycles. The molecule has 1 aliphatic rings. The summed E-state index contributed by atoms with van der Waals surface area (Å²) in [6, 6.07) is 0. The van der Waals surface area contributed by atoms with Crippen LogP contribution in [0, 0.1) is 5.92 Å². The first-order valence-corrected chi connectivity index (χ1v) is 5.27. The van der Waals surface area contributed by atoms with Gasteiger partial charge < -0.3 is 10.5 Å². The molecular weight excluding hydrogens is 196 g/mol. The van der Waals surface area contributed by atoms with Crippen molar-refractivity contribution < 1.29 is 14.4 Å². The Bertz CT molecular complexity index is 221. The van der Waals surface area contributed by atoms with E-state index in [2.05, 4.69) is 5.48 Å². The fourth-order valence-corrected chi connectivity index (χ4v) is 1.23. The van der Waals surface area contributed by atoms with Gasteiger partial charge in [0.2, 0.25) is 0 Å². The minimum absolute atomic E-state index is 0.0856. The van der Waals surface area contributed by atoms with Gasteiger partial charge in [-0.3, -0.25) is 4.84 Å². The summed E-state index contributed by atoms with van der Waals surface area (Å²) in [7, 11) is 0. The molecule has 1 rings (SSSR count). The summed E-state index contributed by atoms with van der Waals surface area (Å²) in [5.74, 6) is 0.491. The second kappa shape index (κ2) is 4.81. The maximum Gasteiger partial charge on any atom is 0.431 e. The average molecular weight is 216 g/mol. The summed E-state index contributed by atoms with van der Waals surface area (Å²) in [4.78, 5) is 16.4. The lowest BCUT2D eigenvalue weighted by atomic mass is 10.2. The smallest absolute Gasteiger partial charge is 0.431 e. The molecule has 0 aromatic carbocycles. The number of carbonyl (C=O) groups excluding carboxylic acids is 1. The Hall–Kier alpha value is -0.810. The molecule has 1 amide bonds. The number of hydroxylamine groups is 1. The maximum atomic E-state index is 11.2. The highest BCUT2D eigenvalue weighted by Gasteiger charge is 2.32. The van der Waals surface area contributed by atoms with Crippen LogP contribution in [0.15, 0.2) is 0 Å². The summed E-state index contributed by atoms with van der Waals surface area (Å²) in [5, 5.41) is 0. The topological polar surface area (TPSA) is 73.6 Å². The normalized spacial score (nSPS) is 18.4. The Morgan fingerprint density at radius 3 is 2.53 bits per heavy atom. The summed E-state index contributed by atoms with van der Waals surface area (Å²) in [6.45, 7) is 5.82. The molecule has 0 radical (unpaired) electrons. The number of hydrogen-bond donors (Lipinski definition) is 2. The van der Waals surface area contributed by atoms with Crippen LogP contribution in [0.2, 0.25) is 0 Å². The Morgan fingerprint density at radius 2 is 2.13 bits per heavy atom. The van der Waals surface area contributed by atoms with Crippen LogP contribution in [0.1, 0.15) is 33.6 Å². The molecule has 0 heterocycles. The van der Waals surface area contributed by atoms with Crippen molar-refractivity contribution in [1.82, 2.24) is 5.48 Å². The SMILES string of the molecule is CC(C)(C)OC(=O)NOC(CN)C1CC1. The summed E-state index contributed by atoms with van der Waals surface area (Å²) < 4.78 is 5.02. The zero-order valence-electron chi connectivity index (χ0n) is 9.58. The first-order chi connectivity index (χ1) is 6.92. The van der Waals surface area contributed by atoms with Crippen molar-refractivity contribution >= 4 is 6.09 Å². The van der Waals surface area contributed by atoms with Crippen molar-refractivity contribution in [1.29, 1.82) is 0 Å². The molecule has 1 unspecified atom stereocenters. The predicted molar refractivity (Wildman–Crippen MR) is 56.0 cm³/mol. The van der Waals surface area contributed by atoms with Gasteiger partial charge in [0, 0.05) is 6.54 Å². The van der Waals surface area contributed by atoms with Gasteiger partial charge in [-0.2, -0.15) is 5.48 Å². The van der Waals surface area contributed by atoms with E-state index in [1.165, 1.54) is 0 Å². The number of hydrogen-bond acceptors (Lipinski definition) is 4. The van der Waals surface area contributed by atoms with Gasteiger partial charge in [0.25, 0.3) is 0 Å². The third-order valence-electron chi connectivity index (χ3n) is 2.07. The number of nitrogens with one attached hydrogen (secondary N) is 1. The number of nitrogens with two attached hydrogens (primary N) is 1. The van der Waals surface area contributed by atoms with Crippen LogP contribution in [0.25, 0.3) is 0 Å². The Morgan fingerprint density at radius 1 is 1.53 bits per heavy atom. The quantitative estimate of drug-likeness (QED) is 0.692. The number of rotatable bonds is 4. The molecule has 1 atom stereocenters. The van der Waals surface area contributed by atoms with E-state index in [0.29, 0.717) is 12.5 Å². The highest BCUT2D eigenvalue weighted by atomic mass is 16.7. The Labute approximate surface area is 90.3 Å². The molecule has 0 aliphatic heterocycles. The van der Waals surface area contributed by atoms with Crippen molar-refractivity contribution in [2.75, 3.05) is 6.54 Å². The van der Waals surface area contributed by atoms with Gasteiger partial charge >= 0.3 is 6.09 Å². The van der Waals surface area contributed by atoms with Gasteiger partial charge in [-0.1, -0.05) is 0 Å². The average Bonchev–Trinajstić information content (AvgIpc) is 2.85. The maximum absolute atomic E-state index is 11.2. The van der Waals surface area contributed by atoms with E-state index in [1.54, 1.807) is 20.8 Å². The second-order valence-corrected chi connectivity index (χ2v) is 4.83. The zero-order valence-corrected chi connectivity index (χ0v) is 9.58. The van der Waals surface area contributed by atoms with E-state index < -0.39 is 11.7 Å². The van der Waals surface area contributed by atoms with Crippen LogP contribution >= 0.6 is 0 Å². The molecule has 5 heteroatoms. The monoisotopic (exact) mass is 216 g/mol. The van der Waals surface area contributed by atoms with Crippen LogP contribution in [0.4, 0.5) is 4.79 Å². The fraction of sp³-hybridized carbons (Fsp3) is 0.900. The van der Waals surface area contributed by atoms with Crippen LogP contribution in [-0.4, -0.2) is 24.3 Å². The lowest BCUT2D eigenvalue weighted by molar-refractivity contribution is -0.0461. The highest BCUT2D eigenvalue weighted by molar-refractivity contribution is 5.66. The van der Waals surface area contributed by atoms with Gasteiger partial charge in [-0.15, -0.1) is 0 Å². The molecule has 0 saturated heterocycles. The molecule has 1 fully saturated rings. The molecular formula is C10H20N2O3. The van der Waals surface area contributed by atoms with Gasteiger partial charge in [-0.25, -0.2) is 4.79 Å². The van der Waals surface area contributed by atoms with Crippen LogP contribution in [0.3, 0.4) is 0 Å². The predicted octanol–water partition coefficient (Wildman–Crippen LogP) is 1.18. The van der Waals surface area contributed by atoms with Crippen molar-refractivity contribution in [3.05, 3.63) is 0 Å². The van der Waals surface area contributed by atoms with Crippen LogP contribution < -0.4 is 11.2 Å². The molecule has 0 spiro atoms. The van der Waals surface area contributed by atoms with Gasteiger partial charge in [0.05, 0.1) is 0 Å². The molecule has 1 saturated carbocycles. The zero-order chi connectivity index (χ0) is 11.5. The molecule has 3 N–H and O–H groups in total. The molecule has 0 aromatic rings. The van der Waals surface area contributed by atoms with Gasteiger partial charge in [-0.05, 0) is 39.5 Å². The highest BCUT2D eigenvalue weighted by Crippen LogP contribution is 2.33. The molecule has 15 heavy (non-hydrogen) atoms. The third-order valence-corrected chi connectivity index (χ3v) is 2.07. The van der Waals surface area contributed by atoms with Crippen molar-refractivity contribution in [3.8, 4) is 0 Å².